The molecule has 0 saturated carbocycles. The van der Waals surface area contributed by atoms with E-state index in [9.17, 15) is 4.79 Å². The number of alkyl halides is 1. The SMILES string of the molecule is CN(C)C(=O)Nc1ccc(OCC(Br)Cc2ccccc2)c(Cl)c1. The van der Waals surface area contributed by atoms with Crippen LogP contribution in [0.2, 0.25) is 5.02 Å². The largest absolute Gasteiger partial charge is 0.491 e. The number of anilines is 1. The van der Waals surface area contributed by atoms with Crippen LogP contribution in [0.3, 0.4) is 0 Å². The molecule has 0 aliphatic rings. The fourth-order valence-electron chi connectivity index (χ4n) is 2.04. The van der Waals surface area contributed by atoms with E-state index in [1.54, 1.807) is 32.3 Å². The van der Waals surface area contributed by atoms with Crippen molar-refractivity contribution in [2.45, 2.75) is 11.2 Å². The first-order valence-corrected chi connectivity index (χ1v) is 8.83. The van der Waals surface area contributed by atoms with Crippen LogP contribution in [0, 0.1) is 0 Å². The Labute approximate surface area is 155 Å². The van der Waals surface area contributed by atoms with Gasteiger partial charge in [-0.05, 0) is 30.2 Å². The van der Waals surface area contributed by atoms with Gasteiger partial charge in [-0.15, -0.1) is 0 Å². The lowest BCUT2D eigenvalue weighted by Crippen LogP contribution is -2.27. The number of carbonyl (C=O) groups is 1. The molecule has 2 rings (SSSR count). The van der Waals surface area contributed by atoms with Gasteiger partial charge in [0.25, 0.3) is 0 Å². The van der Waals surface area contributed by atoms with Crippen LogP contribution in [0.15, 0.2) is 48.5 Å². The van der Waals surface area contributed by atoms with Crippen LogP contribution >= 0.6 is 27.5 Å². The van der Waals surface area contributed by atoms with E-state index in [0.29, 0.717) is 23.1 Å². The van der Waals surface area contributed by atoms with E-state index < -0.39 is 0 Å². The van der Waals surface area contributed by atoms with Gasteiger partial charge >= 0.3 is 6.03 Å². The highest BCUT2D eigenvalue weighted by Crippen LogP contribution is 2.28. The van der Waals surface area contributed by atoms with Crippen LogP contribution in [-0.4, -0.2) is 36.5 Å². The summed E-state index contributed by atoms with van der Waals surface area (Å²) in [6.45, 7) is 0.498. The lowest BCUT2D eigenvalue weighted by Gasteiger charge is -2.15. The third-order valence-corrected chi connectivity index (χ3v) is 4.19. The summed E-state index contributed by atoms with van der Waals surface area (Å²) in [7, 11) is 3.36. The number of hydrogen-bond donors (Lipinski definition) is 1. The van der Waals surface area contributed by atoms with Crippen molar-refractivity contribution in [1.82, 2.24) is 4.90 Å². The number of nitrogens with one attached hydrogen (secondary N) is 1. The number of halogens is 2. The maximum atomic E-state index is 11.6. The molecule has 0 radical (unpaired) electrons. The van der Waals surface area contributed by atoms with Gasteiger partial charge < -0.3 is 15.0 Å². The van der Waals surface area contributed by atoms with Crippen molar-refractivity contribution < 1.29 is 9.53 Å². The van der Waals surface area contributed by atoms with E-state index in [-0.39, 0.29) is 10.9 Å². The van der Waals surface area contributed by atoms with Crippen molar-refractivity contribution in [3.8, 4) is 5.75 Å². The predicted molar refractivity (Wildman–Crippen MR) is 103 cm³/mol. The Balaban J connectivity index is 1.89. The third kappa shape index (κ3) is 5.73. The Hall–Kier alpha value is -1.72. The topological polar surface area (TPSA) is 41.6 Å². The average Bonchev–Trinajstić information content (AvgIpc) is 2.55. The standard InChI is InChI=1S/C18H20BrClN2O2/c1-22(2)18(23)21-15-8-9-17(16(20)11-15)24-12-14(19)10-13-6-4-3-5-7-13/h3-9,11,14H,10,12H2,1-2H3,(H,21,23). The van der Waals surface area contributed by atoms with Gasteiger partial charge in [-0.3, -0.25) is 0 Å². The van der Waals surface area contributed by atoms with Crippen molar-refractivity contribution in [2.75, 3.05) is 26.0 Å². The molecule has 0 spiro atoms. The molecular weight excluding hydrogens is 392 g/mol. The molecule has 2 aromatic rings. The van der Waals surface area contributed by atoms with Crippen LogP contribution < -0.4 is 10.1 Å². The average molecular weight is 412 g/mol. The van der Waals surface area contributed by atoms with Gasteiger partial charge in [-0.2, -0.15) is 0 Å². The Morgan fingerprint density at radius 2 is 1.96 bits per heavy atom. The predicted octanol–water partition coefficient (Wildman–Crippen LogP) is 4.82. The molecule has 6 heteroatoms. The number of urea groups is 1. The summed E-state index contributed by atoms with van der Waals surface area (Å²) < 4.78 is 5.78. The Morgan fingerprint density at radius 1 is 1.25 bits per heavy atom. The first-order valence-electron chi connectivity index (χ1n) is 7.54. The number of hydrogen-bond acceptors (Lipinski definition) is 2. The highest BCUT2D eigenvalue weighted by Gasteiger charge is 2.10. The van der Waals surface area contributed by atoms with Gasteiger partial charge in [-0.25, -0.2) is 4.79 Å². The van der Waals surface area contributed by atoms with Gasteiger partial charge in [0.1, 0.15) is 12.4 Å². The number of amides is 2. The quantitative estimate of drug-likeness (QED) is 0.693. The molecule has 2 aromatic carbocycles. The van der Waals surface area contributed by atoms with Crippen LogP contribution in [0.1, 0.15) is 5.56 Å². The number of benzene rings is 2. The van der Waals surface area contributed by atoms with Crippen molar-refractivity contribution in [1.29, 1.82) is 0 Å². The second kappa shape index (κ2) is 8.94. The Kier molecular flexibility index (Phi) is 6.94. The molecule has 1 N–H and O–H groups in total. The van der Waals surface area contributed by atoms with Crippen molar-refractivity contribution in [3.05, 3.63) is 59.1 Å². The molecule has 1 unspecified atom stereocenters. The molecule has 128 valence electrons. The maximum Gasteiger partial charge on any atom is 0.321 e. The van der Waals surface area contributed by atoms with Crippen LogP contribution in [-0.2, 0) is 6.42 Å². The van der Waals surface area contributed by atoms with E-state index in [0.717, 1.165) is 6.42 Å². The van der Waals surface area contributed by atoms with E-state index >= 15 is 0 Å². The third-order valence-electron chi connectivity index (χ3n) is 3.31. The highest BCUT2D eigenvalue weighted by atomic mass is 79.9. The molecule has 0 aliphatic heterocycles. The molecule has 0 fully saturated rings. The molecule has 0 heterocycles. The fourth-order valence-corrected chi connectivity index (χ4v) is 2.78. The number of ether oxygens (including phenoxy) is 1. The minimum atomic E-state index is -0.205. The minimum Gasteiger partial charge on any atom is -0.491 e. The summed E-state index contributed by atoms with van der Waals surface area (Å²) in [5.41, 5.74) is 1.88. The van der Waals surface area contributed by atoms with Crippen LogP contribution in [0.25, 0.3) is 0 Å². The summed E-state index contributed by atoms with van der Waals surface area (Å²) in [6, 6.07) is 15.2. The van der Waals surface area contributed by atoms with E-state index in [2.05, 4.69) is 33.4 Å². The summed E-state index contributed by atoms with van der Waals surface area (Å²) in [6.07, 6.45) is 0.870. The zero-order valence-corrected chi connectivity index (χ0v) is 16.0. The van der Waals surface area contributed by atoms with E-state index in [1.807, 2.05) is 18.2 Å². The zero-order valence-electron chi connectivity index (χ0n) is 13.6. The van der Waals surface area contributed by atoms with Gasteiger partial charge in [-0.1, -0.05) is 57.9 Å². The maximum absolute atomic E-state index is 11.6. The molecular formula is C18H20BrClN2O2. The van der Waals surface area contributed by atoms with Gasteiger partial charge in [0, 0.05) is 19.8 Å². The summed E-state index contributed by atoms with van der Waals surface area (Å²) in [5, 5.41) is 3.21. The molecule has 0 saturated heterocycles. The van der Waals surface area contributed by atoms with Crippen molar-refractivity contribution in [2.24, 2.45) is 0 Å². The number of nitrogens with zero attached hydrogens (tertiary/aromatic N) is 1. The highest BCUT2D eigenvalue weighted by molar-refractivity contribution is 9.09. The molecule has 2 amide bonds. The van der Waals surface area contributed by atoms with Gasteiger partial charge in [0.05, 0.1) is 9.85 Å². The van der Waals surface area contributed by atoms with Crippen LogP contribution in [0.4, 0.5) is 10.5 Å². The number of rotatable bonds is 6. The molecule has 0 aliphatic carbocycles. The van der Waals surface area contributed by atoms with Gasteiger partial charge in [0.15, 0.2) is 0 Å². The normalized spacial score (nSPS) is 11.7. The lowest BCUT2D eigenvalue weighted by molar-refractivity contribution is 0.230. The summed E-state index contributed by atoms with van der Waals surface area (Å²) in [4.78, 5) is 13.3. The first-order chi connectivity index (χ1) is 11.5. The minimum absolute atomic E-state index is 0.184. The van der Waals surface area contributed by atoms with Crippen molar-refractivity contribution in [3.63, 3.8) is 0 Å². The molecule has 1 atom stereocenters. The summed E-state index contributed by atoms with van der Waals surface area (Å²) in [5.74, 6) is 0.594. The molecule has 0 bridgehead atoms. The second-order valence-corrected chi connectivity index (χ2v) is 7.27. The molecule has 24 heavy (non-hydrogen) atoms. The Bertz CT molecular complexity index is 680. The van der Waals surface area contributed by atoms with E-state index in [1.165, 1.54) is 10.5 Å². The summed E-state index contributed by atoms with van der Waals surface area (Å²) >= 11 is 9.86. The number of carbonyl (C=O) groups excluding carboxylic acids is 1. The van der Waals surface area contributed by atoms with Crippen molar-refractivity contribution >= 4 is 39.2 Å². The second-order valence-electron chi connectivity index (χ2n) is 5.57. The smallest absolute Gasteiger partial charge is 0.321 e. The molecule has 0 aromatic heterocycles. The van der Waals surface area contributed by atoms with Crippen LogP contribution in [0.5, 0.6) is 5.75 Å². The fraction of sp³-hybridized carbons (Fsp3) is 0.278. The van der Waals surface area contributed by atoms with Gasteiger partial charge in [0.2, 0.25) is 0 Å². The monoisotopic (exact) mass is 410 g/mol. The first kappa shape index (κ1) is 18.6. The molecule has 4 nitrogen and oxygen atoms in total. The Morgan fingerprint density at radius 3 is 2.58 bits per heavy atom. The van der Waals surface area contributed by atoms with E-state index in [4.69, 9.17) is 16.3 Å². The zero-order chi connectivity index (χ0) is 17.5. The lowest BCUT2D eigenvalue weighted by atomic mass is 10.1.